The normalized spacial score (nSPS) is 10.5. The summed E-state index contributed by atoms with van der Waals surface area (Å²) in [4.78, 5) is 22.1. The van der Waals surface area contributed by atoms with E-state index in [4.69, 9.17) is 0 Å². The van der Waals surface area contributed by atoms with E-state index in [1.54, 1.807) is 17.2 Å². The molecular weight excluding hydrogens is 286 g/mol. The number of carbonyl (C=O) groups is 1. The number of aryl methyl sites for hydroxylation is 1. The lowest BCUT2D eigenvalue weighted by molar-refractivity contribution is 0.0955. The first-order valence-corrected chi connectivity index (χ1v) is 7.19. The summed E-state index contributed by atoms with van der Waals surface area (Å²) in [7, 11) is 0. The molecule has 0 radical (unpaired) electrons. The van der Waals surface area contributed by atoms with Gasteiger partial charge in [0.25, 0.3) is 5.91 Å². The van der Waals surface area contributed by atoms with Gasteiger partial charge in [-0.15, -0.1) is 11.3 Å². The van der Waals surface area contributed by atoms with E-state index in [1.165, 1.54) is 17.7 Å². The van der Waals surface area contributed by atoms with Crippen LogP contribution in [0.5, 0.6) is 0 Å². The van der Waals surface area contributed by atoms with E-state index < -0.39 is 0 Å². The van der Waals surface area contributed by atoms with Gasteiger partial charge >= 0.3 is 0 Å². The van der Waals surface area contributed by atoms with Crippen molar-refractivity contribution in [2.45, 2.75) is 13.5 Å². The number of carbonyl (C=O) groups excluding carboxylic acids is 1. The fourth-order valence-electron chi connectivity index (χ4n) is 1.91. The van der Waals surface area contributed by atoms with Crippen molar-refractivity contribution in [1.29, 1.82) is 0 Å². The lowest BCUT2D eigenvalue weighted by Gasteiger charge is -2.08. The zero-order valence-corrected chi connectivity index (χ0v) is 12.2. The van der Waals surface area contributed by atoms with Crippen LogP contribution in [0.15, 0.2) is 43.1 Å². The maximum Gasteiger partial charge on any atom is 0.261 e. The van der Waals surface area contributed by atoms with Crippen LogP contribution >= 0.6 is 11.3 Å². The highest BCUT2D eigenvalue weighted by Crippen LogP contribution is 2.15. The SMILES string of the molecule is Cc1ccc(C(=O)NCc2cccnc2-n2cncn2)s1. The van der Waals surface area contributed by atoms with Gasteiger partial charge in [-0.1, -0.05) is 6.07 Å². The molecule has 0 aromatic carbocycles. The summed E-state index contributed by atoms with van der Waals surface area (Å²) in [6, 6.07) is 7.50. The Kier molecular flexibility index (Phi) is 3.74. The number of nitrogens with one attached hydrogen (secondary N) is 1. The standard InChI is InChI=1S/C14H13N5OS/c1-10-4-5-12(21-10)14(20)17-7-11-3-2-6-16-13(11)19-9-15-8-18-19/h2-6,8-9H,7H2,1H3,(H,17,20). The van der Waals surface area contributed by atoms with E-state index >= 15 is 0 Å². The van der Waals surface area contributed by atoms with Gasteiger partial charge in [-0.2, -0.15) is 5.10 Å². The minimum atomic E-state index is -0.0820. The number of pyridine rings is 1. The van der Waals surface area contributed by atoms with Gasteiger partial charge in [-0.25, -0.2) is 14.6 Å². The van der Waals surface area contributed by atoms with Crippen LogP contribution in [0.1, 0.15) is 20.1 Å². The number of hydrogen-bond acceptors (Lipinski definition) is 5. The van der Waals surface area contributed by atoms with Gasteiger partial charge in [0.1, 0.15) is 12.7 Å². The summed E-state index contributed by atoms with van der Waals surface area (Å²) in [6.07, 6.45) is 4.71. The van der Waals surface area contributed by atoms with Crippen LogP contribution in [0.3, 0.4) is 0 Å². The van der Waals surface area contributed by atoms with E-state index in [0.717, 1.165) is 10.4 Å². The Morgan fingerprint density at radius 2 is 2.29 bits per heavy atom. The van der Waals surface area contributed by atoms with Crippen molar-refractivity contribution >= 4 is 17.2 Å². The molecule has 0 bridgehead atoms. The Labute approximate surface area is 125 Å². The van der Waals surface area contributed by atoms with Gasteiger partial charge in [0.2, 0.25) is 0 Å². The second kappa shape index (κ2) is 5.84. The molecule has 0 aliphatic carbocycles. The first kappa shape index (κ1) is 13.4. The Morgan fingerprint density at radius 1 is 1.38 bits per heavy atom. The average Bonchev–Trinajstić information content (AvgIpc) is 3.16. The molecule has 21 heavy (non-hydrogen) atoms. The van der Waals surface area contributed by atoms with Crippen molar-refractivity contribution in [3.05, 3.63) is 58.4 Å². The summed E-state index contributed by atoms with van der Waals surface area (Å²) in [5, 5.41) is 6.97. The number of aromatic nitrogens is 4. The molecule has 106 valence electrons. The van der Waals surface area contributed by atoms with Gasteiger partial charge < -0.3 is 5.32 Å². The molecule has 0 unspecified atom stereocenters. The number of rotatable bonds is 4. The molecule has 3 heterocycles. The quantitative estimate of drug-likeness (QED) is 0.799. The Hall–Kier alpha value is -2.54. The van der Waals surface area contributed by atoms with Crippen LogP contribution in [0.4, 0.5) is 0 Å². The maximum absolute atomic E-state index is 12.1. The van der Waals surface area contributed by atoms with Crippen LogP contribution in [0.2, 0.25) is 0 Å². The summed E-state index contributed by atoms with van der Waals surface area (Å²) in [5.74, 6) is 0.583. The summed E-state index contributed by atoms with van der Waals surface area (Å²) >= 11 is 1.48. The van der Waals surface area contributed by atoms with E-state index in [9.17, 15) is 4.79 Å². The Balaban J connectivity index is 1.75. The number of thiophene rings is 1. The Bertz CT molecular complexity index is 750. The monoisotopic (exact) mass is 299 g/mol. The molecule has 7 heteroatoms. The highest BCUT2D eigenvalue weighted by Gasteiger charge is 2.10. The molecule has 0 spiro atoms. The first-order valence-electron chi connectivity index (χ1n) is 6.37. The minimum absolute atomic E-state index is 0.0820. The highest BCUT2D eigenvalue weighted by atomic mass is 32.1. The molecule has 3 rings (SSSR count). The second-order valence-corrected chi connectivity index (χ2v) is 5.71. The van der Waals surface area contributed by atoms with Crippen LogP contribution in [0.25, 0.3) is 5.82 Å². The lowest BCUT2D eigenvalue weighted by Crippen LogP contribution is -2.23. The summed E-state index contributed by atoms with van der Waals surface area (Å²) < 4.78 is 1.58. The van der Waals surface area contributed by atoms with Crippen LogP contribution < -0.4 is 5.32 Å². The van der Waals surface area contributed by atoms with Gasteiger partial charge in [-0.3, -0.25) is 4.79 Å². The predicted molar refractivity (Wildman–Crippen MR) is 79.4 cm³/mol. The molecule has 0 aliphatic heterocycles. The smallest absolute Gasteiger partial charge is 0.261 e. The van der Waals surface area contributed by atoms with Crippen molar-refractivity contribution in [3.8, 4) is 5.82 Å². The third kappa shape index (κ3) is 2.97. The van der Waals surface area contributed by atoms with E-state index in [1.807, 2.05) is 31.2 Å². The molecule has 0 atom stereocenters. The third-order valence-electron chi connectivity index (χ3n) is 2.91. The van der Waals surface area contributed by atoms with Crippen molar-refractivity contribution in [2.24, 2.45) is 0 Å². The van der Waals surface area contributed by atoms with Crippen molar-refractivity contribution in [1.82, 2.24) is 25.1 Å². The third-order valence-corrected chi connectivity index (χ3v) is 3.91. The summed E-state index contributed by atoms with van der Waals surface area (Å²) in [5.41, 5.74) is 0.879. The van der Waals surface area contributed by atoms with Gasteiger partial charge in [-0.05, 0) is 25.1 Å². The molecule has 0 fully saturated rings. The molecule has 1 amide bonds. The van der Waals surface area contributed by atoms with Crippen molar-refractivity contribution in [3.63, 3.8) is 0 Å². The molecule has 3 aromatic rings. The molecular formula is C14H13N5OS. The fourth-order valence-corrected chi connectivity index (χ4v) is 2.70. The number of amides is 1. The molecule has 0 saturated carbocycles. The van der Waals surface area contributed by atoms with Crippen molar-refractivity contribution < 1.29 is 4.79 Å². The molecule has 1 N–H and O–H groups in total. The second-order valence-electron chi connectivity index (χ2n) is 4.42. The zero-order valence-electron chi connectivity index (χ0n) is 11.4. The zero-order chi connectivity index (χ0) is 14.7. The predicted octanol–water partition coefficient (Wildman–Crippen LogP) is 1.96. The summed E-state index contributed by atoms with van der Waals surface area (Å²) in [6.45, 7) is 2.37. The first-order chi connectivity index (χ1) is 10.2. The van der Waals surface area contributed by atoms with Gasteiger partial charge in [0.05, 0.1) is 4.88 Å². The lowest BCUT2D eigenvalue weighted by atomic mass is 10.2. The molecule has 6 nitrogen and oxygen atoms in total. The minimum Gasteiger partial charge on any atom is -0.347 e. The molecule has 3 aromatic heterocycles. The molecule has 0 saturated heterocycles. The largest absolute Gasteiger partial charge is 0.347 e. The Morgan fingerprint density at radius 3 is 3.00 bits per heavy atom. The average molecular weight is 299 g/mol. The number of nitrogens with zero attached hydrogens (tertiary/aromatic N) is 4. The van der Waals surface area contributed by atoms with E-state index in [-0.39, 0.29) is 5.91 Å². The van der Waals surface area contributed by atoms with Crippen molar-refractivity contribution in [2.75, 3.05) is 0 Å². The van der Waals surface area contributed by atoms with E-state index in [2.05, 4.69) is 20.4 Å². The maximum atomic E-state index is 12.1. The van der Waals surface area contributed by atoms with Gasteiger partial charge in [0.15, 0.2) is 5.82 Å². The van der Waals surface area contributed by atoms with E-state index in [0.29, 0.717) is 17.2 Å². The fraction of sp³-hybridized carbons (Fsp3) is 0.143. The van der Waals surface area contributed by atoms with Gasteiger partial charge in [0, 0.05) is 23.2 Å². The van der Waals surface area contributed by atoms with Crippen LogP contribution in [0, 0.1) is 6.92 Å². The highest BCUT2D eigenvalue weighted by molar-refractivity contribution is 7.13. The number of hydrogen-bond donors (Lipinski definition) is 1. The molecule has 0 aliphatic rings. The topological polar surface area (TPSA) is 72.7 Å². The van der Waals surface area contributed by atoms with Crippen LogP contribution in [-0.4, -0.2) is 25.7 Å². The van der Waals surface area contributed by atoms with Crippen LogP contribution in [-0.2, 0) is 6.54 Å².